The minimum Gasteiger partial charge on any atom is -0.361 e. The zero-order valence-electron chi connectivity index (χ0n) is 10.3. The van der Waals surface area contributed by atoms with Crippen molar-refractivity contribution < 1.29 is 9.13 Å². The molecule has 0 spiro atoms. The van der Waals surface area contributed by atoms with Crippen molar-refractivity contribution in [1.29, 1.82) is 0 Å². The second-order valence-electron chi connectivity index (χ2n) is 5.19. The molecule has 0 amide bonds. The summed E-state index contributed by atoms with van der Waals surface area (Å²) in [5.41, 5.74) is 0.715. The molecule has 1 heterocycles. The fraction of sp³-hybridized carbons (Fsp3) is 0.636. The van der Waals surface area contributed by atoms with E-state index in [2.05, 4.69) is 19.6 Å². The van der Waals surface area contributed by atoms with Crippen molar-refractivity contribution in [2.45, 2.75) is 39.3 Å². The van der Waals surface area contributed by atoms with E-state index in [4.69, 9.17) is 16.3 Å². The molecule has 0 saturated heterocycles. The van der Waals surface area contributed by atoms with Crippen LogP contribution in [0.1, 0.15) is 5.69 Å². The predicted octanol–water partition coefficient (Wildman–Crippen LogP) is 3.90. The molecule has 0 unspecified atom stereocenters. The Hall–Kier alpha value is -0.323. The van der Waals surface area contributed by atoms with Gasteiger partial charge in [0.1, 0.15) is 6.73 Å². The maximum Gasteiger partial charge on any atom is 0.159 e. The average Bonchev–Trinajstić information content (AvgIpc) is 2.40. The van der Waals surface area contributed by atoms with E-state index in [9.17, 15) is 4.39 Å². The molecule has 1 rings (SSSR count). The minimum absolute atomic E-state index is 0.189. The lowest BCUT2D eigenvalue weighted by atomic mass is 10.5. The second kappa shape index (κ2) is 5.34. The van der Waals surface area contributed by atoms with Crippen LogP contribution in [0.3, 0.4) is 0 Å². The number of nitrogens with zero attached hydrogens (tertiary/aromatic N) is 1. The Bertz CT molecular complexity index is 360. The van der Waals surface area contributed by atoms with Crippen LogP contribution < -0.4 is 0 Å². The fourth-order valence-corrected chi connectivity index (χ4v) is 2.18. The summed E-state index contributed by atoms with van der Waals surface area (Å²) in [7, 11) is -1.05. The Labute approximate surface area is 102 Å². The van der Waals surface area contributed by atoms with Crippen molar-refractivity contribution in [2.24, 2.45) is 0 Å². The van der Waals surface area contributed by atoms with Crippen molar-refractivity contribution in [3.05, 3.63) is 22.7 Å². The van der Waals surface area contributed by atoms with Crippen LogP contribution in [0.2, 0.25) is 30.7 Å². The molecule has 5 heteroatoms. The Balaban J connectivity index is 2.41. The normalized spacial score (nSPS) is 12.1. The lowest BCUT2D eigenvalue weighted by Gasteiger charge is -2.15. The van der Waals surface area contributed by atoms with E-state index in [1.807, 2.05) is 0 Å². The van der Waals surface area contributed by atoms with Gasteiger partial charge < -0.3 is 9.30 Å². The summed E-state index contributed by atoms with van der Waals surface area (Å²) in [5.74, 6) is -0.382. The lowest BCUT2D eigenvalue weighted by Crippen LogP contribution is -2.22. The zero-order valence-corrected chi connectivity index (χ0v) is 12.1. The first kappa shape index (κ1) is 13.7. The summed E-state index contributed by atoms with van der Waals surface area (Å²) >= 11 is 5.74. The monoisotopic (exact) mass is 263 g/mol. The van der Waals surface area contributed by atoms with E-state index in [1.165, 1.54) is 6.20 Å². The molecule has 0 aliphatic heterocycles. The summed E-state index contributed by atoms with van der Waals surface area (Å²) in [6, 6.07) is 1.11. The molecule has 2 nitrogen and oxygen atoms in total. The number of hydrogen-bond donors (Lipinski definition) is 0. The molecule has 0 aliphatic carbocycles. The Morgan fingerprint density at radius 2 is 2.06 bits per heavy atom. The zero-order chi connectivity index (χ0) is 12.3. The Morgan fingerprint density at radius 3 is 2.50 bits per heavy atom. The molecule has 0 saturated carbocycles. The molecular weight excluding hydrogens is 245 g/mol. The van der Waals surface area contributed by atoms with Gasteiger partial charge in [-0.1, -0.05) is 31.2 Å². The quantitative estimate of drug-likeness (QED) is 0.581. The number of rotatable bonds is 5. The van der Waals surface area contributed by atoms with Gasteiger partial charge in [-0.25, -0.2) is 4.39 Å². The summed E-state index contributed by atoms with van der Waals surface area (Å²) in [6.07, 6.45) is 1.38. The van der Waals surface area contributed by atoms with Crippen LogP contribution in [0, 0.1) is 12.7 Å². The first-order valence-corrected chi connectivity index (χ1v) is 9.48. The molecule has 0 radical (unpaired) electrons. The van der Waals surface area contributed by atoms with Gasteiger partial charge in [-0.3, -0.25) is 0 Å². The third-order valence-electron chi connectivity index (χ3n) is 2.45. The largest absolute Gasteiger partial charge is 0.361 e. The third kappa shape index (κ3) is 3.92. The van der Waals surface area contributed by atoms with Crippen LogP contribution >= 0.6 is 11.6 Å². The van der Waals surface area contributed by atoms with Gasteiger partial charge in [0.25, 0.3) is 0 Å². The topological polar surface area (TPSA) is 14.2 Å². The molecular formula is C11H19ClFNOSi. The highest BCUT2D eigenvalue weighted by Gasteiger charge is 2.13. The number of halogens is 2. The predicted molar refractivity (Wildman–Crippen MR) is 68.2 cm³/mol. The maximum atomic E-state index is 13.1. The van der Waals surface area contributed by atoms with E-state index in [0.717, 1.165) is 12.7 Å². The van der Waals surface area contributed by atoms with Gasteiger partial charge in [-0.05, 0) is 13.0 Å². The van der Waals surface area contributed by atoms with Crippen LogP contribution in [0.15, 0.2) is 6.20 Å². The van der Waals surface area contributed by atoms with Gasteiger partial charge in [0.05, 0.1) is 5.02 Å². The molecule has 0 fully saturated rings. The van der Waals surface area contributed by atoms with Gasteiger partial charge in [0.15, 0.2) is 5.82 Å². The highest BCUT2D eigenvalue weighted by molar-refractivity contribution is 6.76. The second-order valence-corrected chi connectivity index (χ2v) is 11.2. The summed E-state index contributed by atoms with van der Waals surface area (Å²) < 4.78 is 20.3. The van der Waals surface area contributed by atoms with Crippen molar-refractivity contribution in [2.75, 3.05) is 6.61 Å². The highest BCUT2D eigenvalue weighted by Crippen LogP contribution is 2.21. The van der Waals surface area contributed by atoms with Crippen LogP contribution in [0.4, 0.5) is 4.39 Å². The van der Waals surface area contributed by atoms with Crippen molar-refractivity contribution in [3.63, 3.8) is 0 Å². The molecule has 0 atom stereocenters. The molecule has 1 aromatic rings. The standard InChI is InChI=1S/C11H19ClFNOSi/c1-9-11(12)10(13)7-14(9)8-15-5-6-16(2,3)4/h7H,5-6,8H2,1-4H3. The van der Waals surface area contributed by atoms with Gasteiger partial charge in [-0.2, -0.15) is 0 Å². The Kier molecular flexibility index (Phi) is 4.58. The molecule has 92 valence electrons. The molecule has 0 bridgehead atoms. The van der Waals surface area contributed by atoms with Gasteiger partial charge in [-0.15, -0.1) is 0 Å². The molecule has 1 aromatic heterocycles. The van der Waals surface area contributed by atoms with Gasteiger partial charge >= 0.3 is 0 Å². The van der Waals surface area contributed by atoms with Crippen LogP contribution in [0.5, 0.6) is 0 Å². The van der Waals surface area contributed by atoms with Gasteiger partial charge in [0.2, 0.25) is 0 Å². The first-order valence-electron chi connectivity index (χ1n) is 5.40. The Morgan fingerprint density at radius 1 is 1.44 bits per heavy atom. The summed E-state index contributed by atoms with van der Waals surface area (Å²) in [4.78, 5) is 0. The molecule has 0 aliphatic rings. The number of aromatic nitrogens is 1. The number of hydrogen-bond acceptors (Lipinski definition) is 1. The third-order valence-corrected chi connectivity index (χ3v) is 4.61. The first-order chi connectivity index (χ1) is 7.31. The number of ether oxygens (including phenoxy) is 1. The summed E-state index contributed by atoms with van der Waals surface area (Å²) in [6.45, 7) is 9.79. The average molecular weight is 264 g/mol. The van der Waals surface area contributed by atoms with Crippen LogP contribution in [-0.2, 0) is 11.5 Å². The lowest BCUT2D eigenvalue weighted by molar-refractivity contribution is 0.0859. The molecule has 16 heavy (non-hydrogen) atoms. The fourth-order valence-electron chi connectivity index (χ4n) is 1.26. The molecule has 0 N–H and O–H groups in total. The van der Waals surface area contributed by atoms with Gasteiger partial charge in [0, 0.05) is 26.6 Å². The highest BCUT2D eigenvalue weighted by atomic mass is 35.5. The van der Waals surface area contributed by atoms with E-state index >= 15 is 0 Å². The van der Waals surface area contributed by atoms with Crippen LogP contribution in [0.25, 0.3) is 0 Å². The summed E-state index contributed by atoms with van der Waals surface area (Å²) in [5, 5.41) is 0.189. The van der Waals surface area contributed by atoms with Crippen molar-refractivity contribution in [1.82, 2.24) is 4.57 Å². The van der Waals surface area contributed by atoms with E-state index < -0.39 is 8.07 Å². The van der Waals surface area contributed by atoms with Crippen molar-refractivity contribution >= 4 is 19.7 Å². The van der Waals surface area contributed by atoms with Crippen molar-refractivity contribution in [3.8, 4) is 0 Å². The van der Waals surface area contributed by atoms with Crippen LogP contribution in [-0.4, -0.2) is 19.2 Å². The minimum atomic E-state index is -1.05. The maximum absolute atomic E-state index is 13.1. The van der Waals surface area contributed by atoms with E-state index in [1.54, 1.807) is 11.5 Å². The smallest absolute Gasteiger partial charge is 0.159 e. The molecule has 0 aromatic carbocycles. The van der Waals surface area contributed by atoms with E-state index in [-0.39, 0.29) is 10.8 Å². The SMILES string of the molecule is Cc1c(Cl)c(F)cn1COCC[Si](C)(C)C. The van der Waals surface area contributed by atoms with E-state index in [0.29, 0.717) is 12.4 Å².